The maximum Gasteiger partial charge on any atom is 0.269 e. The predicted octanol–water partition coefficient (Wildman–Crippen LogP) is 3.66. The van der Waals surface area contributed by atoms with Gasteiger partial charge in [0, 0.05) is 36.3 Å². The van der Waals surface area contributed by atoms with E-state index in [4.69, 9.17) is 4.52 Å². The molecule has 1 aromatic heterocycles. The first kappa shape index (κ1) is 17.8. The molecule has 2 aromatic carbocycles. The summed E-state index contributed by atoms with van der Waals surface area (Å²) in [5.74, 6) is 0.887. The molecule has 1 amide bonds. The van der Waals surface area contributed by atoms with E-state index in [2.05, 4.69) is 10.1 Å². The molecule has 1 aliphatic rings. The second-order valence-corrected chi connectivity index (χ2v) is 6.72. The lowest BCUT2D eigenvalue weighted by molar-refractivity contribution is -0.384. The van der Waals surface area contributed by atoms with E-state index in [1.165, 1.54) is 24.3 Å². The molecule has 0 saturated carbocycles. The first-order valence-corrected chi connectivity index (χ1v) is 9.04. The highest BCUT2D eigenvalue weighted by Crippen LogP contribution is 2.28. The molecule has 8 heteroatoms. The largest absolute Gasteiger partial charge is 0.339 e. The zero-order valence-corrected chi connectivity index (χ0v) is 15.0. The number of nitrogens with zero attached hydrogens (tertiary/aromatic N) is 4. The Labute approximate surface area is 160 Å². The van der Waals surface area contributed by atoms with Crippen molar-refractivity contribution in [1.82, 2.24) is 15.0 Å². The van der Waals surface area contributed by atoms with Gasteiger partial charge in [0.05, 0.1) is 10.8 Å². The lowest BCUT2D eigenvalue weighted by Gasteiger charge is -2.31. The number of hydrogen-bond acceptors (Lipinski definition) is 6. The molecule has 0 radical (unpaired) electrons. The van der Waals surface area contributed by atoms with Crippen LogP contribution in [0, 0.1) is 10.1 Å². The maximum absolute atomic E-state index is 12.8. The number of piperidine rings is 1. The first-order chi connectivity index (χ1) is 13.6. The molecule has 0 N–H and O–H groups in total. The minimum atomic E-state index is -0.481. The van der Waals surface area contributed by atoms with Crippen molar-refractivity contribution in [1.29, 1.82) is 0 Å². The summed E-state index contributed by atoms with van der Waals surface area (Å²) in [5.41, 5.74) is 1.28. The first-order valence-electron chi connectivity index (χ1n) is 9.04. The number of nitro benzene ring substituents is 1. The molecule has 28 heavy (non-hydrogen) atoms. The normalized spacial score (nSPS) is 16.7. The molecular weight excluding hydrogens is 360 g/mol. The van der Waals surface area contributed by atoms with Gasteiger partial charge in [0.2, 0.25) is 11.7 Å². The number of likely N-dealkylation sites (tertiary alicyclic amines) is 1. The molecule has 8 nitrogen and oxygen atoms in total. The van der Waals surface area contributed by atoms with E-state index in [0.717, 1.165) is 18.4 Å². The van der Waals surface area contributed by atoms with Crippen LogP contribution in [0.5, 0.6) is 0 Å². The Kier molecular flexibility index (Phi) is 4.84. The third-order valence-corrected chi connectivity index (χ3v) is 4.86. The van der Waals surface area contributed by atoms with Gasteiger partial charge < -0.3 is 9.42 Å². The van der Waals surface area contributed by atoms with Crippen molar-refractivity contribution in [2.45, 2.75) is 18.8 Å². The number of aromatic nitrogens is 2. The van der Waals surface area contributed by atoms with Crippen molar-refractivity contribution in [3.8, 4) is 11.4 Å². The molecule has 1 aliphatic heterocycles. The van der Waals surface area contributed by atoms with Crippen LogP contribution in [-0.2, 0) is 0 Å². The second-order valence-electron chi connectivity index (χ2n) is 6.72. The van der Waals surface area contributed by atoms with E-state index >= 15 is 0 Å². The Morgan fingerprint density at radius 2 is 1.89 bits per heavy atom. The van der Waals surface area contributed by atoms with Gasteiger partial charge in [0.15, 0.2) is 0 Å². The fourth-order valence-corrected chi connectivity index (χ4v) is 3.38. The average molecular weight is 378 g/mol. The minimum absolute atomic E-state index is 0.0271. The summed E-state index contributed by atoms with van der Waals surface area (Å²) in [7, 11) is 0. The number of nitro groups is 1. The molecule has 1 fully saturated rings. The van der Waals surface area contributed by atoms with E-state index in [1.807, 2.05) is 30.3 Å². The van der Waals surface area contributed by atoms with Gasteiger partial charge in [-0.2, -0.15) is 4.98 Å². The summed E-state index contributed by atoms with van der Waals surface area (Å²) in [6.07, 6.45) is 1.69. The summed E-state index contributed by atoms with van der Waals surface area (Å²) in [5, 5.41) is 14.8. The highest BCUT2D eigenvalue weighted by atomic mass is 16.6. The van der Waals surface area contributed by atoms with Gasteiger partial charge in [-0.3, -0.25) is 14.9 Å². The van der Waals surface area contributed by atoms with Gasteiger partial charge in [0.25, 0.3) is 11.6 Å². The zero-order chi connectivity index (χ0) is 19.5. The Bertz CT molecular complexity index is 985. The topological polar surface area (TPSA) is 102 Å². The average Bonchev–Trinajstić information content (AvgIpc) is 3.24. The molecule has 0 unspecified atom stereocenters. The van der Waals surface area contributed by atoms with E-state index in [1.54, 1.807) is 4.90 Å². The Morgan fingerprint density at radius 1 is 1.14 bits per heavy atom. The van der Waals surface area contributed by atoms with Crippen molar-refractivity contribution in [2.75, 3.05) is 13.1 Å². The fraction of sp³-hybridized carbons (Fsp3) is 0.250. The summed E-state index contributed by atoms with van der Waals surface area (Å²) in [6, 6.07) is 15.3. The van der Waals surface area contributed by atoms with Crippen LogP contribution in [-0.4, -0.2) is 39.0 Å². The van der Waals surface area contributed by atoms with Crippen molar-refractivity contribution in [2.24, 2.45) is 0 Å². The number of hydrogen-bond donors (Lipinski definition) is 0. The van der Waals surface area contributed by atoms with Crippen LogP contribution >= 0.6 is 0 Å². The van der Waals surface area contributed by atoms with Crippen LogP contribution in [0.2, 0.25) is 0 Å². The quantitative estimate of drug-likeness (QED) is 0.507. The summed E-state index contributed by atoms with van der Waals surface area (Å²) >= 11 is 0. The number of benzene rings is 2. The van der Waals surface area contributed by atoms with Crippen LogP contribution in [0.3, 0.4) is 0 Å². The number of rotatable bonds is 4. The van der Waals surface area contributed by atoms with E-state index in [0.29, 0.717) is 30.4 Å². The van der Waals surface area contributed by atoms with E-state index in [9.17, 15) is 14.9 Å². The van der Waals surface area contributed by atoms with Crippen molar-refractivity contribution >= 4 is 11.6 Å². The standard InChI is InChI=1S/C20H18N4O4/c25-20(15-8-10-17(11-9-15)24(26)27)23-12-4-7-16(13-23)19-21-18(22-28-19)14-5-2-1-3-6-14/h1-3,5-6,8-11,16H,4,7,12-13H2/t16-/m1/s1. The summed E-state index contributed by atoms with van der Waals surface area (Å²) in [4.78, 5) is 29.3. The monoisotopic (exact) mass is 378 g/mol. The lowest BCUT2D eigenvalue weighted by atomic mass is 9.97. The number of non-ortho nitro benzene ring substituents is 1. The Balaban J connectivity index is 1.48. The summed E-state index contributed by atoms with van der Waals surface area (Å²) < 4.78 is 5.46. The third kappa shape index (κ3) is 3.62. The lowest BCUT2D eigenvalue weighted by Crippen LogP contribution is -2.39. The van der Waals surface area contributed by atoms with Crippen molar-refractivity contribution in [3.05, 3.63) is 76.2 Å². The fourth-order valence-electron chi connectivity index (χ4n) is 3.38. The molecule has 142 valence electrons. The van der Waals surface area contributed by atoms with Gasteiger partial charge in [-0.1, -0.05) is 35.5 Å². The second kappa shape index (κ2) is 7.59. The van der Waals surface area contributed by atoms with E-state index in [-0.39, 0.29) is 17.5 Å². The molecule has 3 aromatic rings. The van der Waals surface area contributed by atoms with Crippen LogP contribution < -0.4 is 0 Å². The molecule has 1 atom stereocenters. The number of carbonyl (C=O) groups excluding carboxylic acids is 1. The highest BCUT2D eigenvalue weighted by Gasteiger charge is 2.29. The van der Waals surface area contributed by atoms with Crippen molar-refractivity contribution in [3.63, 3.8) is 0 Å². The van der Waals surface area contributed by atoms with Gasteiger partial charge >= 0.3 is 0 Å². The van der Waals surface area contributed by atoms with Crippen LogP contribution in [0.4, 0.5) is 5.69 Å². The van der Waals surface area contributed by atoms with Crippen molar-refractivity contribution < 1.29 is 14.2 Å². The minimum Gasteiger partial charge on any atom is -0.339 e. The van der Waals surface area contributed by atoms with Crippen LogP contribution in [0.25, 0.3) is 11.4 Å². The smallest absolute Gasteiger partial charge is 0.269 e. The zero-order valence-electron chi connectivity index (χ0n) is 15.0. The SMILES string of the molecule is O=C(c1ccc([N+](=O)[O-])cc1)N1CCC[C@@H](c2nc(-c3ccccc3)no2)C1. The van der Waals surface area contributed by atoms with Gasteiger partial charge in [-0.25, -0.2) is 0 Å². The molecule has 0 aliphatic carbocycles. The van der Waals surface area contributed by atoms with Crippen LogP contribution in [0.15, 0.2) is 59.1 Å². The molecule has 0 bridgehead atoms. The third-order valence-electron chi connectivity index (χ3n) is 4.86. The predicted molar refractivity (Wildman–Crippen MR) is 101 cm³/mol. The molecule has 4 rings (SSSR count). The molecule has 1 saturated heterocycles. The Morgan fingerprint density at radius 3 is 2.61 bits per heavy atom. The molecule has 0 spiro atoms. The van der Waals surface area contributed by atoms with Crippen LogP contribution in [0.1, 0.15) is 35.0 Å². The van der Waals surface area contributed by atoms with Gasteiger partial charge in [-0.05, 0) is 25.0 Å². The summed E-state index contributed by atoms with van der Waals surface area (Å²) in [6.45, 7) is 1.11. The number of carbonyl (C=O) groups is 1. The maximum atomic E-state index is 12.8. The Hall–Kier alpha value is -3.55. The number of amides is 1. The van der Waals surface area contributed by atoms with Gasteiger partial charge in [0.1, 0.15) is 0 Å². The van der Waals surface area contributed by atoms with E-state index < -0.39 is 4.92 Å². The molecule has 2 heterocycles. The highest BCUT2D eigenvalue weighted by molar-refractivity contribution is 5.94. The van der Waals surface area contributed by atoms with Gasteiger partial charge in [-0.15, -0.1) is 0 Å². The molecular formula is C20H18N4O4.